The van der Waals surface area contributed by atoms with Crippen LogP contribution >= 0.6 is 15.9 Å². The second-order valence-electron chi connectivity index (χ2n) is 4.19. The van der Waals surface area contributed by atoms with Gasteiger partial charge in [-0.2, -0.15) is 0 Å². The van der Waals surface area contributed by atoms with Gasteiger partial charge in [0.2, 0.25) is 0 Å². The number of hydrogen-bond donors (Lipinski definition) is 1. The van der Waals surface area contributed by atoms with Crippen LogP contribution in [-0.2, 0) is 6.54 Å². The van der Waals surface area contributed by atoms with Gasteiger partial charge in [-0.15, -0.1) is 0 Å². The summed E-state index contributed by atoms with van der Waals surface area (Å²) in [5, 5.41) is 2.85. The number of nitrogens with one attached hydrogen (secondary N) is 1. The molecule has 1 nitrogen and oxygen atoms in total. The molecule has 5 heteroatoms. The molecule has 2 aromatic carbocycles. The first-order valence-electron chi connectivity index (χ1n) is 5.61. The number of rotatable bonds is 3. The molecule has 0 aliphatic carbocycles. The Hall–Kier alpha value is -1.49. The van der Waals surface area contributed by atoms with Crippen molar-refractivity contribution in [1.29, 1.82) is 0 Å². The molecule has 2 rings (SSSR count). The minimum absolute atomic E-state index is 0.206. The van der Waals surface area contributed by atoms with Gasteiger partial charge in [0.1, 0.15) is 0 Å². The molecule has 2 aromatic rings. The van der Waals surface area contributed by atoms with Crippen molar-refractivity contribution in [3.63, 3.8) is 0 Å². The van der Waals surface area contributed by atoms with Crippen molar-refractivity contribution in [2.75, 3.05) is 5.32 Å². The van der Waals surface area contributed by atoms with Gasteiger partial charge in [-0.1, -0.05) is 28.1 Å². The quantitative estimate of drug-likeness (QED) is 0.798. The lowest BCUT2D eigenvalue weighted by Crippen LogP contribution is -2.02. The van der Waals surface area contributed by atoms with Crippen LogP contribution in [0.15, 0.2) is 34.8 Å². The van der Waals surface area contributed by atoms with E-state index in [1.54, 1.807) is 0 Å². The molecule has 0 heterocycles. The lowest BCUT2D eigenvalue weighted by molar-refractivity contribution is 0.447. The Labute approximate surface area is 117 Å². The highest BCUT2D eigenvalue weighted by Crippen LogP contribution is 2.20. The first-order valence-corrected chi connectivity index (χ1v) is 6.40. The summed E-state index contributed by atoms with van der Waals surface area (Å²) < 4.78 is 39.8. The summed E-state index contributed by atoms with van der Waals surface area (Å²) in [6.45, 7) is 2.35. The van der Waals surface area contributed by atoms with Crippen LogP contribution in [0.3, 0.4) is 0 Å². The molecule has 0 fully saturated rings. The number of hydrogen-bond acceptors (Lipinski definition) is 1. The van der Waals surface area contributed by atoms with E-state index in [0.717, 1.165) is 27.7 Å². The normalized spacial score (nSPS) is 10.6. The number of halogens is 4. The zero-order valence-corrected chi connectivity index (χ0v) is 11.7. The van der Waals surface area contributed by atoms with Gasteiger partial charge in [-0.05, 0) is 24.1 Å². The van der Waals surface area contributed by atoms with Crippen LogP contribution in [-0.4, -0.2) is 0 Å². The van der Waals surface area contributed by atoms with Crippen LogP contribution in [0.25, 0.3) is 0 Å². The first-order chi connectivity index (χ1) is 8.97. The molecule has 0 aliphatic rings. The summed E-state index contributed by atoms with van der Waals surface area (Å²) >= 11 is 3.39. The predicted octanol–water partition coefficient (Wildman–Crippen LogP) is 4.79. The molecule has 0 saturated heterocycles. The maximum absolute atomic E-state index is 13.0. The summed E-state index contributed by atoms with van der Waals surface area (Å²) in [5.74, 6) is -3.85. The number of aryl methyl sites for hydroxylation is 1. The van der Waals surface area contributed by atoms with E-state index in [1.807, 2.05) is 25.1 Å². The summed E-state index contributed by atoms with van der Waals surface area (Å²) in [7, 11) is 0. The van der Waals surface area contributed by atoms with Gasteiger partial charge < -0.3 is 5.32 Å². The van der Waals surface area contributed by atoms with Crippen molar-refractivity contribution in [2.45, 2.75) is 13.5 Å². The van der Waals surface area contributed by atoms with Gasteiger partial charge in [0, 0.05) is 28.8 Å². The van der Waals surface area contributed by atoms with E-state index in [0.29, 0.717) is 6.54 Å². The molecular weight excluding hydrogens is 319 g/mol. The van der Waals surface area contributed by atoms with Gasteiger partial charge in [-0.3, -0.25) is 0 Å². The predicted molar refractivity (Wildman–Crippen MR) is 72.5 cm³/mol. The van der Waals surface area contributed by atoms with Crippen LogP contribution < -0.4 is 5.32 Å². The smallest absolute Gasteiger partial charge is 0.194 e. The maximum atomic E-state index is 13.0. The van der Waals surface area contributed by atoms with Crippen molar-refractivity contribution >= 4 is 21.6 Å². The van der Waals surface area contributed by atoms with Gasteiger partial charge >= 0.3 is 0 Å². The molecule has 0 radical (unpaired) electrons. The van der Waals surface area contributed by atoms with Crippen LogP contribution in [0.5, 0.6) is 0 Å². The third-order valence-corrected chi connectivity index (χ3v) is 3.59. The van der Waals surface area contributed by atoms with Crippen molar-refractivity contribution in [1.82, 2.24) is 0 Å². The second kappa shape index (κ2) is 5.65. The molecule has 0 atom stereocenters. The number of benzene rings is 2. The highest BCUT2D eigenvalue weighted by atomic mass is 79.9. The fourth-order valence-corrected chi connectivity index (χ4v) is 1.93. The zero-order chi connectivity index (χ0) is 14.0. The monoisotopic (exact) mass is 329 g/mol. The van der Waals surface area contributed by atoms with E-state index in [4.69, 9.17) is 0 Å². The highest BCUT2D eigenvalue weighted by molar-refractivity contribution is 9.10. The van der Waals surface area contributed by atoms with Crippen molar-refractivity contribution in [3.05, 3.63) is 63.4 Å². The van der Waals surface area contributed by atoms with Crippen LogP contribution in [0.1, 0.15) is 11.1 Å². The third kappa shape index (κ3) is 3.29. The van der Waals surface area contributed by atoms with Crippen LogP contribution in [0.4, 0.5) is 18.9 Å². The van der Waals surface area contributed by atoms with Crippen LogP contribution in [0.2, 0.25) is 0 Å². The molecule has 19 heavy (non-hydrogen) atoms. The molecule has 0 aromatic heterocycles. The van der Waals surface area contributed by atoms with E-state index >= 15 is 0 Å². The van der Waals surface area contributed by atoms with Gasteiger partial charge in [0.15, 0.2) is 17.5 Å². The Balaban J connectivity index is 2.12. The first kappa shape index (κ1) is 13.9. The van der Waals surface area contributed by atoms with Crippen molar-refractivity contribution in [2.24, 2.45) is 0 Å². The summed E-state index contributed by atoms with van der Waals surface area (Å²) in [6, 6.07) is 7.61. The lowest BCUT2D eigenvalue weighted by atomic mass is 10.1. The second-order valence-corrected chi connectivity index (χ2v) is 5.05. The molecule has 0 bridgehead atoms. The van der Waals surface area contributed by atoms with Crippen molar-refractivity contribution < 1.29 is 13.2 Å². The van der Waals surface area contributed by atoms with Gasteiger partial charge in [0.25, 0.3) is 0 Å². The van der Waals surface area contributed by atoms with Crippen LogP contribution in [0, 0.1) is 24.4 Å². The summed E-state index contributed by atoms with van der Waals surface area (Å²) in [6.07, 6.45) is 0. The largest absolute Gasteiger partial charge is 0.381 e. The Bertz CT molecular complexity index is 591. The average Bonchev–Trinajstić information content (AvgIpc) is 2.37. The molecule has 0 saturated carbocycles. The fraction of sp³-hybridized carbons (Fsp3) is 0.143. The van der Waals surface area contributed by atoms with Gasteiger partial charge in [-0.25, -0.2) is 13.2 Å². The molecule has 1 N–H and O–H groups in total. The van der Waals surface area contributed by atoms with E-state index in [1.165, 1.54) is 0 Å². The van der Waals surface area contributed by atoms with E-state index < -0.39 is 17.5 Å². The minimum Gasteiger partial charge on any atom is -0.381 e. The third-order valence-electron chi connectivity index (χ3n) is 2.70. The fourth-order valence-electron chi connectivity index (χ4n) is 1.68. The Morgan fingerprint density at radius 2 is 1.68 bits per heavy atom. The molecule has 0 aliphatic heterocycles. The molecular formula is C14H11BrF3N. The Morgan fingerprint density at radius 3 is 2.26 bits per heavy atom. The molecule has 100 valence electrons. The maximum Gasteiger partial charge on any atom is 0.194 e. The summed E-state index contributed by atoms with van der Waals surface area (Å²) in [5.41, 5.74) is 2.23. The van der Waals surface area contributed by atoms with E-state index in [-0.39, 0.29) is 5.69 Å². The highest BCUT2D eigenvalue weighted by Gasteiger charge is 2.10. The molecule has 0 amide bonds. The SMILES string of the molecule is Cc1cc(CNc2cc(F)c(F)c(F)c2)ccc1Br. The topological polar surface area (TPSA) is 12.0 Å². The van der Waals surface area contributed by atoms with E-state index in [2.05, 4.69) is 21.2 Å². The molecule has 0 unspecified atom stereocenters. The van der Waals surface area contributed by atoms with Gasteiger partial charge in [0.05, 0.1) is 0 Å². The average molecular weight is 330 g/mol. The summed E-state index contributed by atoms with van der Waals surface area (Å²) in [4.78, 5) is 0. The number of anilines is 1. The Kier molecular flexibility index (Phi) is 4.14. The molecule has 0 spiro atoms. The zero-order valence-electron chi connectivity index (χ0n) is 10.1. The Morgan fingerprint density at radius 1 is 1.05 bits per heavy atom. The standard InChI is InChI=1S/C14H11BrF3N/c1-8-4-9(2-3-11(8)15)7-19-10-5-12(16)14(18)13(17)6-10/h2-6,19H,7H2,1H3. The minimum atomic E-state index is -1.45. The lowest BCUT2D eigenvalue weighted by Gasteiger charge is -2.09. The van der Waals surface area contributed by atoms with E-state index in [9.17, 15) is 13.2 Å². The van der Waals surface area contributed by atoms with Crippen molar-refractivity contribution in [3.8, 4) is 0 Å².